The molecule has 0 saturated carbocycles. The van der Waals surface area contributed by atoms with E-state index >= 15 is 0 Å². The third-order valence-corrected chi connectivity index (χ3v) is 5.87. The van der Waals surface area contributed by atoms with Crippen molar-refractivity contribution in [3.8, 4) is 5.75 Å². The summed E-state index contributed by atoms with van der Waals surface area (Å²) in [5.41, 5.74) is 1.75. The van der Waals surface area contributed by atoms with Gasteiger partial charge >= 0.3 is 0 Å². The average molecular weight is 412 g/mol. The van der Waals surface area contributed by atoms with Crippen LogP contribution in [0.5, 0.6) is 5.75 Å². The fraction of sp³-hybridized carbons (Fsp3) is 0.455. The first-order chi connectivity index (χ1) is 14.5. The summed E-state index contributed by atoms with van der Waals surface area (Å²) in [7, 11) is 0. The van der Waals surface area contributed by atoms with Gasteiger partial charge in [-0.25, -0.2) is 0 Å². The quantitative estimate of drug-likeness (QED) is 0.771. The van der Waals surface area contributed by atoms with Gasteiger partial charge in [0.25, 0.3) is 11.8 Å². The molecule has 0 aliphatic carbocycles. The van der Waals surface area contributed by atoms with E-state index in [9.17, 15) is 9.59 Å². The highest BCUT2D eigenvalue weighted by Crippen LogP contribution is 2.34. The van der Waals surface area contributed by atoms with E-state index in [0.717, 1.165) is 5.56 Å². The lowest BCUT2D eigenvalue weighted by Gasteiger charge is -2.37. The molecule has 0 bridgehead atoms. The number of amides is 2. The lowest BCUT2D eigenvalue weighted by Crippen LogP contribution is -2.47. The summed E-state index contributed by atoms with van der Waals surface area (Å²) in [5.74, 6) is 0.680. The zero-order chi connectivity index (χ0) is 20.7. The van der Waals surface area contributed by atoms with Crippen molar-refractivity contribution >= 4 is 17.5 Å². The maximum atomic E-state index is 12.9. The van der Waals surface area contributed by atoms with Crippen molar-refractivity contribution in [2.24, 2.45) is 0 Å². The number of hydrogen-bond donors (Lipinski definition) is 0. The molecule has 3 aliphatic rings. The van der Waals surface area contributed by atoms with E-state index in [2.05, 4.69) is 0 Å². The summed E-state index contributed by atoms with van der Waals surface area (Å²) in [6.45, 7) is 4.54. The van der Waals surface area contributed by atoms with Gasteiger partial charge in [-0.05, 0) is 36.8 Å². The number of rotatable bonds is 3. The third-order valence-electron chi connectivity index (χ3n) is 5.87. The Kier molecular flexibility index (Phi) is 4.75. The van der Waals surface area contributed by atoms with Crippen molar-refractivity contribution in [2.75, 3.05) is 37.8 Å². The molecule has 0 N–H and O–H groups in total. The van der Waals surface area contributed by atoms with Gasteiger partial charge in [0.05, 0.1) is 25.4 Å². The first-order valence-electron chi connectivity index (χ1n) is 10.2. The molecule has 2 fully saturated rings. The van der Waals surface area contributed by atoms with Crippen LogP contribution in [-0.2, 0) is 20.8 Å². The molecule has 30 heavy (non-hydrogen) atoms. The van der Waals surface area contributed by atoms with Gasteiger partial charge in [-0.15, -0.1) is 0 Å². The minimum absolute atomic E-state index is 0.0117. The Morgan fingerprint density at radius 3 is 2.63 bits per heavy atom. The van der Waals surface area contributed by atoms with Gasteiger partial charge in [-0.2, -0.15) is 0 Å². The third kappa shape index (κ3) is 3.46. The van der Waals surface area contributed by atoms with Crippen LogP contribution in [0.25, 0.3) is 0 Å². The van der Waals surface area contributed by atoms with Gasteiger partial charge in [0.2, 0.25) is 0 Å². The SMILES string of the molecule is Cc1ccc2c(c1)N(Cc1ccc(C(=O)N3CCC4(CC3)OCCO4)o1)C(=O)CO2. The smallest absolute Gasteiger partial charge is 0.289 e. The molecule has 8 heteroatoms. The molecule has 2 amide bonds. The summed E-state index contributed by atoms with van der Waals surface area (Å²) < 4.78 is 22.8. The Morgan fingerprint density at radius 2 is 1.87 bits per heavy atom. The molecule has 5 rings (SSSR count). The van der Waals surface area contributed by atoms with Crippen molar-refractivity contribution < 1.29 is 28.2 Å². The first kappa shape index (κ1) is 19.1. The highest BCUT2D eigenvalue weighted by Gasteiger charge is 2.41. The molecule has 0 atom stereocenters. The highest BCUT2D eigenvalue weighted by atomic mass is 16.7. The molecule has 158 valence electrons. The molecule has 1 spiro atoms. The van der Waals surface area contributed by atoms with Gasteiger partial charge < -0.3 is 23.5 Å². The molecule has 2 saturated heterocycles. The van der Waals surface area contributed by atoms with Crippen LogP contribution in [-0.4, -0.2) is 55.4 Å². The van der Waals surface area contributed by atoms with Crippen molar-refractivity contribution in [2.45, 2.75) is 32.1 Å². The number of anilines is 1. The number of piperidine rings is 1. The monoisotopic (exact) mass is 412 g/mol. The van der Waals surface area contributed by atoms with Crippen molar-refractivity contribution in [3.05, 3.63) is 47.4 Å². The second-order valence-electron chi connectivity index (χ2n) is 7.91. The van der Waals surface area contributed by atoms with E-state index in [4.69, 9.17) is 18.6 Å². The van der Waals surface area contributed by atoms with Crippen LogP contribution in [0.3, 0.4) is 0 Å². The fourth-order valence-corrected chi connectivity index (χ4v) is 4.21. The van der Waals surface area contributed by atoms with Crippen LogP contribution in [0.1, 0.15) is 34.7 Å². The second-order valence-corrected chi connectivity index (χ2v) is 7.91. The Bertz CT molecular complexity index is 968. The molecular weight excluding hydrogens is 388 g/mol. The van der Waals surface area contributed by atoms with E-state index in [1.807, 2.05) is 25.1 Å². The molecule has 0 radical (unpaired) electrons. The zero-order valence-electron chi connectivity index (χ0n) is 16.9. The number of nitrogens with zero attached hydrogens (tertiary/aromatic N) is 2. The Hall–Kier alpha value is -2.84. The fourth-order valence-electron chi connectivity index (χ4n) is 4.21. The van der Waals surface area contributed by atoms with Gasteiger partial charge in [-0.3, -0.25) is 14.5 Å². The molecule has 3 aliphatic heterocycles. The van der Waals surface area contributed by atoms with Gasteiger partial charge in [0.15, 0.2) is 18.2 Å². The topological polar surface area (TPSA) is 81.5 Å². The highest BCUT2D eigenvalue weighted by molar-refractivity contribution is 5.97. The zero-order valence-corrected chi connectivity index (χ0v) is 16.9. The Balaban J connectivity index is 1.28. The van der Waals surface area contributed by atoms with Crippen molar-refractivity contribution in [1.29, 1.82) is 0 Å². The maximum absolute atomic E-state index is 12.9. The molecule has 1 aromatic heterocycles. The largest absolute Gasteiger partial charge is 0.482 e. The number of fused-ring (bicyclic) bond motifs is 1. The summed E-state index contributed by atoms with van der Waals surface area (Å²) in [5, 5.41) is 0. The van der Waals surface area contributed by atoms with E-state index in [1.165, 1.54) is 0 Å². The van der Waals surface area contributed by atoms with Gasteiger partial charge in [0, 0.05) is 25.9 Å². The first-order valence-corrected chi connectivity index (χ1v) is 10.2. The molecule has 1 aromatic carbocycles. The van der Waals surface area contributed by atoms with Gasteiger partial charge in [-0.1, -0.05) is 6.07 Å². The van der Waals surface area contributed by atoms with Crippen LogP contribution < -0.4 is 9.64 Å². The van der Waals surface area contributed by atoms with Gasteiger partial charge in [0.1, 0.15) is 11.5 Å². The number of hydrogen-bond acceptors (Lipinski definition) is 6. The number of likely N-dealkylation sites (tertiary alicyclic amines) is 1. The average Bonchev–Trinajstić information content (AvgIpc) is 3.40. The summed E-state index contributed by atoms with van der Waals surface area (Å²) in [4.78, 5) is 28.7. The predicted molar refractivity (Wildman–Crippen MR) is 106 cm³/mol. The van der Waals surface area contributed by atoms with Crippen molar-refractivity contribution in [3.63, 3.8) is 0 Å². The van der Waals surface area contributed by atoms with E-state index in [-0.39, 0.29) is 30.7 Å². The number of carbonyl (C=O) groups is 2. The minimum Gasteiger partial charge on any atom is -0.482 e. The van der Waals surface area contributed by atoms with Crippen LogP contribution in [0.4, 0.5) is 5.69 Å². The number of benzene rings is 1. The maximum Gasteiger partial charge on any atom is 0.289 e. The lowest BCUT2D eigenvalue weighted by atomic mass is 10.0. The minimum atomic E-state index is -0.521. The molecule has 8 nitrogen and oxygen atoms in total. The Morgan fingerprint density at radius 1 is 1.10 bits per heavy atom. The number of carbonyl (C=O) groups excluding carboxylic acids is 2. The number of furan rings is 1. The summed E-state index contributed by atoms with van der Waals surface area (Å²) in [6.07, 6.45) is 1.31. The predicted octanol–water partition coefficient (Wildman–Crippen LogP) is 2.49. The van der Waals surface area contributed by atoms with Crippen LogP contribution in [0, 0.1) is 6.92 Å². The number of aryl methyl sites for hydroxylation is 1. The number of ether oxygens (including phenoxy) is 3. The molecule has 2 aromatic rings. The standard InChI is InChI=1S/C22H24N2O6/c1-15-2-4-18-17(12-15)24(20(25)14-27-18)13-16-3-5-19(30-16)21(26)23-8-6-22(7-9-23)28-10-11-29-22/h2-5,12H,6-11,13-14H2,1H3. The van der Waals surface area contributed by atoms with Crippen LogP contribution in [0.2, 0.25) is 0 Å². The van der Waals surface area contributed by atoms with Crippen molar-refractivity contribution in [1.82, 2.24) is 4.90 Å². The lowest BCUT2D eigenvalue weighted by molar-refractivity contribution is -0.181. The second kappa shape index (κ2) is 7.45. The molecular formula is C22H24N2O6. The normalized spacial score (nSPS) is 20.4. The van der Waals surface area contributed by atoms with Crippen LogP contribution >= 0.6 is 0 Å². The summed E-state index contributed by atoms with van der Waals surface area (Å²) >= 11 is 0. The molecule has 0 unspecified atom stereocenters. The molecule has 4 heterocycles. The van der Waals surface area contributed by atoms with Crippen LogP contribution in [0.15, 0.2) is 34.7 Å². The summed E-state index contributed by atoms with van der Waals surface area (Å²) in [6, 6.07) is 9.15. The van der Waals surface area contributed by atoms with E-state index in [0.29, 0.717) is 56.3 Å². The van der Waals surface area contributed by atoms with E-state index in [1.54, 1.807) is 21.9 Å². The van der Waals surface area contributed by atoms with E-state index < -0.39 is 5.79 Å². The Labute approximate surface area is 174 Å².